The molecule has 19 heavy (non-hydrogen) atoms. The molecule has 0 aromatic heterocycles. The van der Waals surface area contributed by atoms with E-state index in [2.05, 4.69) is 21.2 Å². The van der Waals surface area contributed by atoms with Crippen molar-refractivity contribution in [1.29, 1.82) is 0 Å². The maximum absolute atomic E-state index is 12.0. The molecule has 0 aliphatic heterocycles. The Morgan fingerprint density at radius 3 is 2.53 bits per heavy atom. The molecule has 0 aliphatic carbocycles. The largest absolute Gasteiger partial charge is 0.504 e. The third kappa shape index (κ3) is 2.88. The number of hydrogen-bond donors (Lipinski definition) is 2. The number of hydrogen-bond acceptors (Lipinski definition) is 3. The zero-order chi connectivity index (χ0) is 13.8. The van der Waals surface area contributed by atoms with E-state index in [-0.39, 0.29) is 17.4 Å². The van der Waals surface area contributed by atoms with Gasteiger partial charge >= 0.3 is 0 Å². The molecule has 4 nitrogen and oxygen atoms in total. The minimum Gasteiger partial charge on any atom is -0.504 e. The Kier molecular flexibility index (Phi) is 4.06. The van der Waals surface area contributed by atoms with E-state index in [1.165, 1.54) is 13.2 Å². The fourth-order valence-corrected chi connectivity index (χ4v) is 2.22. The Bertz CT molecular complexity index is 599. The van der Waals surface area contributed by atoms with E-state index < -0.39 is 0 Å². The minimum atomic E-state index is -0.228. The van der Waals surface area contributed by atoms with Gasteiger partial charge in [0, 0.05) is 5.56 Å². The van der Waals surface area contributed by atoms with E-state index in [9.17, 15) is 9.90 Å². The fourth-order valence-electron chi connectivity index (χ4n) is 1.62. The van der Waals surface area contributed by atoms with Crippen LogP contribution in [0, 0.1) is 0 Å². The highest BCUT2D eigenvalue weighted by Gasteiger charge is 2.14. The van der Waals surface area contributed by atoms with Gasteiger partial charge < -0.3 is 15.2 Å². The standard InChI is InChI=1S/C14H12BrNO3/c1-19-13-11(17)8-7-10(12(13)15)16-14(18)9-5-3-2-4-6-9/h2-8,17H,1H3,(H,16,18). The molecule has 1 amide bonds. The number of methoxy groups -OCH3 is 1. The molecule has 0 spiro atoms. The summed E-state index contributed by atoms with van der Waals surface area (Å²) < 4.78 is 5.55. The maximum atomic E-state index is 12.0. The molecule has 0 saturated carbocycles. The van der Waals surface area contributed by atoms with Gasteiger partial charge in [0.05, 0.1) is 17.3 Å². The molecule has 2 aromatic carbocycles. The molecular weight excluding hydrogens is 310 g/mol. The van der Waals surface area contributed by atoms with Crippen molar-refractivity contribution in [3.05, 3.63) is 52.5 Å². The summed E-state index contributed by atoms with van der Waals surface area (Å²) in [4.78, 5) is 12.0. The van der Waals surface area contributed by atoms with Crippen LogP contribution in [0.4, 0.5) is 5.69 Å². The lowest BCUT2D eigenvalue weighted by Crippen LogP contribution is -2.12. The van der Waals surface area contributed by atoms with Gasteiger partial charge in [0.2, 0.25) is 0 Å². The van der Waals surface area contributed by atoms with Crippen LogP contribution in [-0.2, 0) is 0 Å². The van der Waals surface area contributed by atoms with Gasteiger partial charge in [-0.05, 0) is 40.2 Å². The Balaban J connectivity index is 2.27. The Labute approximate surface area is 119 Å². The van der Waals surface area contributed by atoms with Crippen molar-refractivity contribution in [1.82, 2.24) is 0 Å². The van der Waals surface area contributed by atoms with Gasteiger partial charge in [0.15, 0.2) is 11.5 Å². The van der Waals surface area contributed by atoms with E-state index in [0.29, 0.717) is 15.7 Å². The molecule has 98 valence electrons. The third-order valence-corrected chi connectivity index (χ3v) is 3.35. The summed E-state index contributed by atoms with van der Waals surface area (Å²) in [6.45, 7) is 0. The summed E-state index contributed by atoms with van der Waals surface area (Å²) >= 11 is 3.29. The van der Waals surface area contributed by atoms with Crippen molar-refractivity contribution >= 4 is 27.5 Å². The second-order valence-corrected chi connectivity index (χ2v) is 4.59. The topological polar surface area (TPSA) is 58.6 Å². The molecule has 0 aliphatic rings. The lowest BCUT2D eigenvalue weighted by Gasteiger charge is -2.11. The van der Waals surface area contributed by atoms with Crippen molar-refractivity contribution in [2.45, 2.75) is 0 Å². The zero-order valence-electron chi connectivity index (χ0n) is 10.2. The van der Waals surface area contributed by atoms with Crippen LogP contribution in [-0.4, -0.2) is 18.1 Å². The molecule has 2 aromatic rings. The molecule has 0 bridgehead atoms. The molecule has 0 radical (unpaired) electrons. The number of carbonyl (C=O) groups is 1. The molecule has 2 N–H and O–H groups in total. The van der Waals surface area contributed by atoms with Gasteiger partial charge in [-0.3, -0.25) is 4.79 Å². The van der Waals surface area contributed by atoms with Crippen molar-refractivity contribution in [3.8, 4) is 11.5 Å². The van der Waals surface area contributed by atoms with E-state index >= 15 is 0 Å². The summed E-state index contributed by atoms with van der Waals surface area (Å²) in [6, 6.07) is 11.9. The number of anilines is 1. The monoisotopic (exact) mass is 321 g/mol. The smallest absolute Gasteiger partial charge is 0.255 e. The van der Waals surface area contributed by atoms with E-state index in [1.807, 2.05) is 6.07 Å². The summed E-state index contributed by atoms with van der Waals surface area (Å²) in [6.07, 6.45) is 0. The van der Waals surface area contributed by atoms with Crippen molar-refractivity contribution < 1.29 is 14.6 Å². The zero-order valence-corrected chi connectivity index (χ0v) is 11.8. The average Bonchev–Trinajstić information content (AvgIpc) is 2.43. The molecule has 0 saturated heterocycles. The normalized spacial score (nSPS) is 10.0. The lowest BCUT2D eigenvalue weighted by atomic mass is 10.2. The number of phenols is 1. The van der Waals surface area contributed by atoms with Crippen LogP contribution in [0.1, 0.15) is 10.4 Å². The first kappa shape index (κ1) is 13.4. The molecule has 0 fully saturated rings. The number of rotatable bonds is 3. The van der Waals surface area contributed by atoms with E-state index in [4.69, 9.17) is 4.74 Å². The summed E-state index contributed by atoms with van der Waals surface area (Å²) in [5.41, 5.74) is 1.09. The quantitative estimate of drug-likeness (QED) is 0.852. The number of aromatic hydroxyl groups is 1. The number of carbonyl (C=O) groups excluding carboxylic acids is 1. The maximum Gasteiger partial charge on any atom is 0.255 e. The van der Waals surface area contributed by atoms with E-state index in [0.717, 1.165) is 0 Å². The number of phenolic OH excluding ortho intramolecular Hbond substituents is 1. The van der Waals surface area contributed by atoms with Crippen LogP contribution >= 0.6 is 15.9 Å². The predicted molar refractivity (Wildman–Crippen MR) is 76.8 cm³/mol. The number of amides is 1. The minimum absolute atomic E-state index is 0.00656. The first-order valence-corrected chi connectivity index (χ1v) is 6.34. The summed E-state index contributed by atoms with van der Waals surface area (Å²) in [5, 5.41) is 12.4. The Hall–Kier alpha value is -2.01. The number of ether oxygens (including phenoxy) is 1. The highest BCUT2D eigenvalue weighted by Crippen LogP contribution is 2.39. The fraction of sp³-hybridized carbons (Fsp3) is 0.0714. The van der Waals surface area contributed by atoms with Gasteiger partial charge in [0.25, 0.3) is 5.91 Å². The summed E-state index contributed by atoms with van der Waals surface area (Å²) in [5.74, 6) is 0.0620. The molecular formula is C14H12BrNO3. The van der Waals surface area contributed by atoms with Gasteiger partial charge in [-0.2, -0.15) is 0 Å². The third-order valence-electron chi connectivity index (χ3n) is 2.56. The molecule has 0 unspecified atom stereocenters. The van der Waals surface area contributed by atoms with Crippen LogP contribution in [0.2, 0.25) is 0 Å². The van der Waals surface area contributed by atoms with Gasteiger partial charge in [-0.15, -0.1) is 0 Å². The average molecular weight is 322 g/mol. The number of halogens is 1. The van der Waals surface area contributed by atoms with Gasteiger partial charge in [-0.1, -0.05) is 18.2 Å². The molecule has 0 atom stereocenters. The van der Waals surface area contributed by atoms with Crippen LogP contribution in [0.15, 0.2) is 46.9 Å². The van der Waals surface area contributed by atoms with Gasteiger partial charge in [0.1, 0.15) is 0 Å². The number of benzene rings is 2. The van der Waals surface area contributed by atoms with E-state index in [1.54, 1.807) is 30.3 Å². The van der Waals surface area contributed by atoms with Crippen LogP contribution in [0.5, 0.6) is 11.5 Å². The Morgan fingerprint density at radius 2 is 1.89 bits per heavy atom. The lowest BCUT2D eigenvalue weighted by molar-refractivity contribution is 0.102. The van der Waals surface area contributed by atoms with Crippen LogP contribution in [0.3, 0.4) is 0 Å². The van der Waals surface area contributed by atoms with Crippen molar-refractivity contribution in [2.24, 2.45) is 0 Å². The van der Waals surface area contributed by atoms with Crippen molar-refractivity contribution in [2.75, 3.05) is 12.4 Å². The van der Waals surface area contributed by atoms with Crippen LogP contribution in [0.25, 0.3) is 0 Å². The predicted octanol–water partition coefficient (Wildman–Crippen LogP) is 3.42. The van der Waals surface area contributed by atoms with Crippen molar-refractivity contribution in [3.63, 3.8) is 0 Å². The first-order valence-electron chi connectivity index (χ1n) is 5.55. The highest BCUT2D eigenvalue weighted by atomic mass is 79.9. The summed E-state index contributed by atoms with van der Waals surface area (Å²) in [7, 11) is 1.45. The molecule has 2 rings (SSSR count). The second kappa shape index (κ2) is 5.75. The second-order valence-electron chi connectivity index (χ2n) is 3.80. The highest BCUT2D eigenvalue weighted by molar-refractivity contribution is 9.10. The Morgan fingerprint density at radius 1 is 1.21 bits per heavy atom. The first-order chi connectivity index (χ1) is 9.13. The number of nitrogens with one attached hydrogen (secondary N) is 1. The SMILES string of the molecule is COc1c(O)ccc(NC(=O)c2ccccc2)c1Br. The van der Waals surface area contributed by atoms with Crippen LogP contribution < -0.4 is 10.1 Å². The molecule has 5 heteroatoms. The van der Waals surface area contributed by atoms with Gasteiger partial charge in [-0.25, -0.2) is 0 Å². The molecule has 0 heterocycles.